The normalized spacial score (nSPS) is 9.14. The van der Waals surface area contributed by atoms with Crippen LogP contribution in [0.25, 0.3) is 0 Å². The minimum absolute atomic E-state index is 1.65. The van der Waals surface area contributed by atoms with Crippen molar-refractivity contribution in [1.82, 2.24) is 0 Å². The van der Waals surface area contributed by atoms with Crippen molar-refractivity contribution in [3.63, 3.8) is 0 Å². The Bertz CT molecular complexity index is 94.9. The summed E-state index contributed by atoms with van der Waals surface area (Å²) in [4.78, 5) is 0. The van der Waals surface area contributed by atoms with Crippen molar-refractivity contribution in [2.24, 2.45) is 3.95 Å². The first-order valence-corrected chi connectivity index (χ1v) is 3.56. The molecule has 7 heavy (non-hydrogen) atoms. The number of hydrogen-bond donors (Lipinski definition) is 3. The zero-order chi connectivity index (χ0) is 6.50. The van der Waals surface area contributed by atoms with E-state index >= 15 is 0 Å². The fourth-order valence-corrected chi connectivity index (χ4v) is 0. The van der Waals surface area contributed by atoms with Crippen LogP contribution in [0.5, 0.6) is 0 Å². The second-order valence-corrected chi connectivity index (χ2v) is 1.34. The summed E-state index contributed by atoms with van der Waals surface area (Å²) in [5.41, 5.74) is 0. The van der Waals surface area contributed by atoms with Crippen LogP contribution in [-0.2, 0) is 10.4 Å². The number of hydrogen-bond acceptors (Lipinski definition) is 3. The Hall–Kier alpha value is 0.560. The molecule has 0 spiro atoms. The molecule has 0 radical (unpaired) electrons. The van der Waals surface area contributed by atoms with Gasteiger partial charge in [0.05, 0.1) is 0 Å². The summed E-state index contributed by atoms with van der Waals surface area (Å²) < 4.78 is 36.1. The molecule has 0 aromatic rings. The first kappa shape index (κ1) is 10.5. The van der Waals surface area contributed by atoms with Gasteiger partial charge in [0.1, 0.15) is 0 Å². The van der Waals surface area contributed by atoms with E-state index < -0.39 is 10.4 Å². The maximum atomic E-state index is 8.74. The number of nitrogens with two attached hydrogens (primary N) is 1. The molecule has 0 saturated heterocycles. The first-order valence-electron chi connectivity index (χ1n) is 0.917. The molecule has 5 nitrogen and oxygen atoms in total. The average molecular weight is 241 g/mol. The number of rotatable bonds is 0. The molecule has 0 heterocycles. The Morgan fingerprint density at radius 1 is 1.29 bits per heavy atom. The predicted molar refractivity (Wildman–Crippen MR) is 32.4 cm³/mol. The van der Waals surface area contributed by atoms with Gasteiger partial charge in [-0.3, -0.25) is 13.1 Å². The van der Waals surface area contributed by atoms with Crippen LogP contribution in [-0.4, -0.2) is 17.5 Å². The molecule has 0 aliphatic carbocycles. The summed E-state index contributed by atoms with van der Waals surface area (Å²) in [7, 11) is -4.67. The molecule has 0 aliphatic heterocycles. The van der Waals surface area contributed by atoms with E-state index in [1.807, 2.05) is 0 Å². The van der Waals surface area contributed by atoms with E-state index in [1.54, 1.807) is 22.9 Å². The van der Waals surface area contributed by atoms with E-state index in [0.717, 1.165) is 0 Å². The van der Waals surface area contributed by atoms with Gasteiger partial charge in [0.2, 0.25) is 0 Å². The van der Waals surface area contributed by atoms with Crippen LogP contribution in [0.3, 0.4) is 0 Å². The summed E-state index contributed by atoms with van der Waals surface area (Å²) in [6.45, 7) is 0. The van der Waals surface area contributed by atoms with Gasteiger partial charge in [0, 0.05) is 22.9 Å². The van der Waals surface area contributed by atoms with E-state index in [0.29, 0.717) is 0 Å². The zero-order valence-electron chi connectivity index (χ0n) is 3.07. The zero-order valence-corrected chi connectivity index (χ0v) is 6.05. The third kappa shape index (κ3) is 435. The Morgan fingerprint density at radius 2 is 1.29 bits per heavy atom. The minimum atomic E-state index is -4.67. The third-order valence-corrected chi connectivity index (χ3v) is 0. The monoisotopic (exact) mass is 241 g/mol. The van der Waals surface area contributed by atoms with E-state index in [-0.39, 0.29) is 0 Å². The van der Waals surface area contributed by atoms with Crippen LogP contribution >= 0.6 is 22.9 Å². The summed E-state index contributed by atoms with van der Waals surface area (Å²) in [5.74, 6) is 0. The maximum Gasteiger partial charge on any atom is 0.394 e. The highest BCUT2D eigenvalue weighted by molar-refractivity contribution is 14.1. The van der Waals surface area contributed by atoms with Crippen LogP contribution in [0.1, 0.15) is 0 Å². The highest BCUT2D eigenvalue weighted by Gasteiger charge is 1.84. The van der Waals surface area contributed by atoms with E-state index in [9.17, 15) is 0 Å². The average Bonchev–Trinajstić information content (AvgIpc) is 1.36. The van der Waals surface area contributed by atoms with Gasteiger partial charge in [-0.25, -0.2) is 0 Å². The first-order chi connectivity index (χ1) is 3.00. The number of halogens is 1. The third-order valence-electron chi connectivity index (χ3n) is 0. The van der Waals surface area contributed by atoms with Gasteiger partial charge in [0.25, 0.3) is 0 Å². The van der Waals surface area contributed by atoms with Crippen molar-refractivity contribution in [2.75, 3.05) is 0 Å². The maximum absolute atomic E-state index is 8.74. The van der Waals surface area contributed by atoms with Crippen LogP contribution in [0, 0.1) is 0 Å². The van der Waals surface area contributed by atoms with Gasteiger partial charge in [-0.2, -0.15) is 8.42 Å². The quantitative estimate of drug-likeness (QED) is 0.305. The van der Waals surface area contributed by atoms with Gasteiger partial charge in [-0.15, -0.1) is 0 Å². The SMILES string of the molecule is NI.O=S(=O)(O)O. The fraction of sp³-hybridized carbons (Fsp3) is 0. The lowest BCUT2D eigenvalue weighted by molar-refractivity contribution is 0.381. The molecule has 0 aromatic heterocycles. The fourth-order valence-electron chi connectivity index (χ4n) is 0. The molecule has 4 N–H and O–H groups in total. The lowest BCUT2D eigenvalue weighted by atomic mass is 14.0. The molecule has 0 aliphatic rings. The van der Waals surface area contributed by atoms with Crippen molar-refractivity contribution in [2.45, 2.75) is 0 Å². The second kappa shape index (κ2) is 4.71. The Kier molecular flexibility index (Phi) is 7.08. The lowest BCUT2D eigenvalue weighted by Gasteiger charge is -1.68. The topological polar surface area (TPSA) is 101 Å². The molecule has 0 saturated carbocycles. The summed E-state index contributed by atoms with van der Waals surface area (Å²) in [6.07, 6.45) is 0. The van der Waals surface area contributed by atoms with Gasteiger partial charge in [0.15, 0.2) is 0 Å². The van der Waals surface area contributed by atoms with E-state index in [1.165, 1.54) is 0 Å². The van der Waals surface area contributed by atoms with Crippen molar-refractivity contribution in [3.05, 3.63) is 0 Å². The Morgan fingerprint density at radius 3 is 1.29 bits per heavy atom. The van der Waals surface area contributed by atoms with Crippen molar-refractivity contribution < 1.29 is 17.5 Å². The largest absolute Gasteiger partial charge is 0.394 e. The molecule has 0 amide bonds. The predicted octanol–water partition coefficient (Wildman–Crippen LogP) is -0.358. The van der Waals surface area contributed by atoms with Crippen LogP contribution in [0.2, 0.25) is 0 Å². The molecular weight excluding hydrogens is 237 g/mol. The van der Waals surface area contributed by atoms with Crippen molar-refractivity contribution in [3.8, 4) is 0 Å². The summed E-state index contributed by atoms with van der Waals surface area (Å²) >= 11 is 1.65. The Balaban J connectivity index is 0. The summed E-state index contributed by atoms with van der Waals surface area (Å²) in [6, 6.07) is 0. The van der Waals surface area contributed by atoms with Gasteiger partial charge < -0.3 is 0 Å². The molecule has 0 fully saturated rings. The molecule has 0 atom stereocenters. The van der Waals surface area contributed by atoms with Crippen LogP contribution in [0.4, 0.5) is 0 Å². The molecule has 7 heteroatoms. The smallest absolute Gasteiger partial charge is 0.275 e. The standard InChI is InChI=1S/H2IN.H2O4S/c1-2;1-5(2,3)4/h2H2;(H2,1,2,3,4). The minimum Gasteiger partial charge on any atom is -0.275 e. The van der Waals surface area contributed by atoms with Gasteiger partial charge in [-0.1, -0.05) is 0 Å². The highest BCUT2D eigenvalue weighted by atomic mass is 127. The molecule has 46 valence electrons. The summed E-state index contributed by atoms with van der Waals surface area (Å²) in [5, 5.41) is 0. The van der Waals surface area contributed by atoms with Crippen LogP contribution < -0.4 is 3.95 Å². The molecule has 0 aromatic carbocycles. The molecule has 0 bridgehead atoms. The second-order valence-electron chi connectivity index (χ2n) is 0.448. The molecular formula is H4INO4S. The Labute approximate surface area is 55.0 Å². The lowest BCUT2D eigenvalue weighted by Crippen LogP contribution is -1.89. The van der Waals surface area contributed by atoms with Crippen molar-refractivity contribution in [1.29, 1.82) is 0 Å². The molecule has 0 rings (SSSR count). The van der Waals surface area contributed by atoms with Gasteiger partial charge >= 0.3 is 10.4 Å². The van der Waals surface area contributed by atoms with E-state index in [4.69, 9.17) is 17.5 Å². The van der Waals surface area contributed by atoms with E-state index in [2.05, 4.69) is 3.95 Å². The van der Waals surface area contributed by atoms with Gasteiger partial charge in [-0.05, 0) is 0 Å². The van der Waals surface area contributed by atoms with Crippen molar-refractivity contribution >= 4 is 33.3 Å². The molecule has 0 unspecified atom stereocenters. The highest BCUT2D eigenvalue weighted by Crippen LogP contribution is 1.59. The van der Waals surface area contributed by atoms with Crippen LogP contribution in [0.15, 0.2) is 0 Å².